The summed E-state index contributed by atoms with van der Waals surface area (Å²) in [4.78, 5) is 7.31. The maximum atomic E-state index is 8.59. The van der Waals surface area contributed by atoms with Gasteiger partial charge in [-0.05, 0) is 17.7 Å². The predicted molar refractivity (Wildman–Crippen MR) is 52.2 cm³/mol. The van der Waals surface area contributed by atoms with E-state index in [0.29, 0.717) is 0 Å². The first kappa shape index (κ1) is 8.01. The van der Waals surface area contributed by atoms with Crippen molar-refractivity contribution in [3.8, 4) is 0 Å². The highest BCUT2D eigenvalue weighted by Gasteiger charge is 1.94. The Labute approximate surface area is 75.7 Å². The van der Waals surface area contributed by atoms with Crippen LogP contribution in [0.25, 0.3) is 17.1 Å². The molecular formula is C10H10N2O. The maximum Gasteiger partial charge on any atom is 0.0879 e. The molecule has 2 heterocycles. The van der Waals surface area contributed by atoms with E-state index in [1.54, 1.807) is 12.3 Å². The zero-order valence-electron chi connectivity index (χ0n) is 7.07. The van der Waals surface area contributed by atoms with Crippen LogP contribution in [0, 0.1) is 0 Å². The molecule has 0 aliphatic carbocycles. The lowest BCUT2D eigenvalue weighted by molar-refractivity contribution is 0.343. The van der Waals surface area contributed by atoms with E-state index in [1.165, 1.54) is 0 Å². The van der Waals surface area contributed by atoms with Crippen LogP contribution in [-0.2, 0) is 0 Å². The minimum atomic E-state index is 0.0583. The molecule has 66 valence electrons. The summed E-state index contributed by atoms with van der Waals surface area (Å²) in [6, 6.07) is 3.92. The lowest BCUT2D eigenvalue weighted by atomic mass is 10.2. The van der Waals surface area contributed by atoms with Gasteiger partial charge in [-0.25, -0.2) is 0 Å². The first-order chi connectivity index (χ1) is 6.40. The Balaban J connectivity index is 2.42. The van der Waals surface area contributed by atoms with Crippen molar-refractivity contribution >= 4 is 17.1 Å². The molecule has 13 heavy (non-hydrogen) atoms. The van der Waals surface area contributed by atoms with Crippen molar-refractivity contribution < 1.29 is 5.11 Å². The molecule has 0 radical (unpaired) electrons. The minimum absolute atomic E-state index is 0.0583. The molecule has 3 heteroatoms. The van der Waals surface area contributed by atoms with Gasteiger partial charge in [-0.2, -0.15) is 0 Å². The van der Waals surface area contributed by atoms with Gasteiger partial charge in [0.1, 0.15) is 0 Å². The Kier molecular flexibility index (Phi) is 2.10. The number of aliphatic hydroxyl groups is 1. The Morgan fingerprint density at radius 1 is 1.54 bits per heavy atom. The summed E-state index contributed by atoms with van der Waals surface area (Å²) < 4.78 is 0. The van der Waals surface area contributed by atoms with Gasteiger partial charge in [0.25, 0.3) is 0 Å². The molecular weight excluding hydrogens is 164 g/mol. The summed E-state index contributed by atoms with van der Waals surface area (Å²) in [6.45, 7) is 0.0583. The second kappa shape index (κ2) is 3.41. The molecule has 0 aliphatic rings. The largest absolute Gasteiger partial charge is 0.392 e. The zero-order chi connectivity index (χ0) is 9.10. The van der Waals surface area contributed by atoms with Crippen molar-refractivity contribution in [3.05, 3.63) is 36.2 Å². The van der Waals surface area contributed by atoms with Crippen molar-refractivity contribution in [2.45, 2.75) is 0 Å². The van der Waals surface area contributed by atoms with Crippen molar-refractivity contribution in [1.82, 2.24) is 9.97 Å². The summed E-state index contributed by atoms with van der Waals surface area (Å²) in [5.41, 5.74) is 2.96. The van der Waals surface area contributed by atoms with Crippen LogP contribution in [0.3, 0.4) is 0 Å². The third-order valence-electron chi connectivity index (χ3n) is 1.84. The first-order valence-electron chi connectivity index (χ1n) is 4.10. The second-order valence-electron chi connectivity index (χ2n) is 2.76. The molecule has 3 nitrogen and oxygen atoms in total. The fraction of sp³-hybridized carbons (Fsp3) is 0.100. The number of rotatable bonds is 2. The van der Waals surface area contributed by atoms with Crippen LogP contribution >= 0.6 is 0 Å². The van der Waals surface area contributed by atoms with Gasteiger partial charge in [0.15, 0.2) is 0 Å². The number of hydrogen-bond donors (Lipinski definition) is 2. The fourth-order valence-electron chi connectivity index (χ4n) is 1.23. The van der Waals surface area contributed by atoms with E-state index in [1.807, 2.05) is 24.4 Å². The quantitative estimate of drug-likeness (QED) is 0.726. The molecule has 0 aromatic carbocycles. The van der Waals surface area contributed by atoms with Crippen LogP contribution in [0.2, 0.25) is 0 Å². The monoisotopic (exact) mass is 174 g/mol. The minimum Gasteiger partial charge on any atom is -0.392 e. The highest BCUT2D eigenvalue weighted by atomic mass is 16.2. The van der Waals surface area contributed by atoms with Crippen molar-refractivity contribution in [3.63, 3.8) is 0 Å². The van der Waals surface area contributed by atoms with Crippen LogP contribution < -0.4 is 0 Å². The molecule has 0 aliphatic heterocycles. The summed E-state index contributed by atoms with van der Waals surface area (Å²) in [5.74, 6) is 0. The number of H-pyrrole nitrogens is 1. The van der Waals surface area contributed by atoms with E-state index in [0.717, 1.165) is 16.6 Å². The second-order valence-corrected chi connectivity index (χ2v) is 2.76. The summed E-state index contributed by atoms with van der Waals surface area (Å²) in [7, 11) is 0. The van der Waals surface area contributed by atoms with Crippen LogP contribution in [-0.4, -0.2) is 21.7 Å². The zero-order valence-corrected chi connectivity index (χ0v) is 7.07. The summed E-state index contributed by atoms with van der Waals surface area (Å²) in [5, 5.41) is 8.59. The molecule has 0 spiro atoms. The molecule has 0 saturated carbocycles. The number of aliphatic hydroxyl groups excluding tert-OH is 1. The fourth-order valence-corrected chi connectivity index (χ4v) is 1.23. The average Bonchev–Trinajstić information content (AvgIpc) is 2.61. The van der Waals surface area contributed by atoms with Gasteiger partial charge >= 0.3 is 0 Å². The standard InChI is InChI=1S/C10H10N2O/c13-5-1-2-8-6-10-9(12-7-8)3-4-11-10/h1-4,6-7,11,13H,5H2. The molecule has 0 amide bonds. The first-order valence-corrected chi connectivity index (χ1v) is 4.10. The molecule has 2 aromatic heterocycles. The Bertz CT molecular complexity index is 431. The summed E-state index contributed by atoms with van der Waals surface area (Å²) in [6.07, 6.45) is 7.17. The number of fused-ring (bicyclic) bond motifs is 1. The van der Waals surface area contributed by atoms with Crippen LogP contribution in [0.15, 0.2) is 30.6 Å². The van der Waals surface area contributed by atoms with Crippen LogP contribution in [0.4, 0.5) is 0 Å². The van der Waals surface area contributed by atoms with Crippen molar-refractivity contribution in [2.75, 3.05) is 6.61 Å². The Hall–Kier alpha value is -1.61. The number of hydrogen-bond acceptors (Lipinski definition) is 2. The number of nitrogens with one attached hydrogen (secondary N) is 1. The van der Waals surface area contributed by atoms with E-state index in [4.69, 9.17) is 5.11 Å². The van der Waals surface area contributed by atoms with Crippen molar-refractivity contribution in [1.29, 1.82) is 0 Å². The normalized spacial score (nSPS) is 11.5. The van der Waals surface area contributed by atoms with Gasteiger partial charge in [0, 0.05) is 12.4 Å². The SMILES string of the molecule is OCC=Cc1cnc2cc[nH]c2c1. The third-order valence-corrected chi connectivity index (χ3v) is 1.84. The van der Waals surface area contributed by atoms with E-state index >= 15 is 0 Å². The predicted octanol–water partition coefficient (Wildman–Crippen LogP) is 1.57. The molecule has 2 aromatic rings. The highest BCUT2D eigenvalue weighted by Crippen LogP contribution is 2.11. The van der Waals surface area contributed by atoms with Gasteiger partial charge in [-0.15, -0.1) is 0 Å². The molecule has 2 N–H and O–H groups in total. The van der Waals surface area contributed by atoms with E-state index in [9.17, 15) is 0 Å². The van der Waals surface area contributed by atoms with Gasteiger partial charge in [0.2, 0.25) is 0 Å². The number of aromatic amines is 1. The molecule has 0 saturated heterocycles. The van der Waals surface area contributed by atoms with Crippen LogP contribution in [0.5, 0.6) is 0 Å². The third kappa shape index (κ3) is 1.60. The van der Waals surface area contributed by atoms with Gasteiger partial charge in [-0.3, -0.25) is 4.98 Å². The summed E-state index contributed by atoms with van der Waals surface area (Å²) >= 11 is 0. The van der Waals surface area contributed by atoms with E-state index < -0.39 is 0 Å². The smallest absolute Gasteiger partial charge is 0.0879 e. The van der Waals surface area contributed by atoms with Gasteiger partial charge in [-0.1, -0.05) is 12.2 Å². The Morgan fingerprint density at radius 3 is 3.31 bits per heavy atom. The average molecular weight is 174 g/mol. The molecule has 0 fully saturated rings. The van der Waals surface area contributed by atoms with Gasteiger partial charge < -0.3 is 10.1 Å². The van der Waals surface area contributed by atoms with Crippen molar-refractivity contribution in [2.24, 2.45) is 0 Å². The lowest BCUT2D eigenvalue weighted by Gasteiger charge is -1.92. The molecule has 0 unspecified atom stereocenters. The molecule has 0 atom stereocenters. The number of nitrogens with zero attached hydrogens (tertiary/aromatic N) is 1. The number of aromatic nitrogens is 2. The maximum absolute atomic E-state index is 8.59. The van der Waals surface area contributed by atoms with E-state index in [-0.39, 0.29) is 6.61 Å². The topological polar surface area (TPSA) is 48.9 Å². The number of pyridine rings is 1. The van der Waals surface area contributed by atoms with Gasteiger partial charge in [0.05, 0.1) is 17.6 Å². The van der Waals surface area contributed by atoms with Crippen LogP contribution in [0.1, 0.15) is 5.56 Å². The molecule has 2 rings (SSSR count). The van der Waals surface area contributed by atoms with E-state index in [2.05, 4.69) is 9.97 Å². The highest BCUT2D eigenvalue weighted by molar-refractivity contribution is 5.77. The lowest BCUT2D eigenvalue weighted by Crippen LogP contribution is -1.79. The molecule has 0 bridgehead atoms. The Morgan fingerprint density at radius 2 is 2.46 bits per heavy atom.